The summed E-state index contributed by atoms with van der Waals surface area (Å²) in [6.07, 6.45) is -12.3. The lowest BCUT2D eigenvalue weighted by atomic mass is 9.96. The van der Waals surface area contributed by atoms with Gasteiger partial charge >= 0.3 is 12.4 Å². The number of nitrogens with zero attached hydrogens (tertiary/aromatic N) is 1. The number of hydrogen-bond donors (Lipinski definition) is 3. The van der Waals surface area contributed by atoms with Crippen LogP contribution in [0.25, 0.3) is 11.1 Å². The van der Waals surface area contributed by atoms with Crippen molar-refractivity contribution in [1.82, 2.24) is 10.6 Å². The van der Waals surface area contributed by atoms with Gasteiger partial charge in [-0.3, -0.25) is 10.1 Å². The van der Waals surface area contributed by atoms with Gasteiger partial charge in [0.25, 0.3) is 0 Å². The van der Waals surface area contributed by atoms with Crippen LogP contribution >= 0.6 is 0 Å². The van der Waals surface area contributed by atoms with Gasteiger partial charge in [0.15, 0.2) is 6.10 Å². The lowest BCUT2D eigenvalue weighted by molar-refractivity contribution is -0.206. The zero-order chi connectivity index (χ0) is 28.5. The molecule has 2 aromatic rings. The van der Waals surface area contributed by atoms with Crippen molar-refractivity contribution in [2.45, 2.75) is 74.9 Å². The van der Waals surface area contributed by atoms with E-state index in [2.05, 4.69) is 10.6 Å². The number of carbonyl (C=O) groups is 1. The molecule has 5 nitrogen and oxygen atoms in total. The molecular weight excluding hydrogens is 519 g/mol. The third kappa shape index (κ3) is 7.45. The summed E-state index contributed by atoms with van der Waals surface area (Å²) in [6.45, 7) is 2.25. The van der Waals surface area contributed by atoms with Gasteiger partial charge in [-0.25, -0.2) is 4.39 Å². The molecular formula is C26H26F7N3O2. The molecule has 3 rings (SSSR count). The van der Waals surface area contributed by atoms with Crippen molar-refractivity contribution >= 4 is 5.91 Å². The van der Waals surface area contributed by atoms with Crippen molar-refractivity contribution in [3.8, 4) is 17.2 Å². The molecule has 0 aromatic heterocycles. The maximum Gasteiger partial charge on any atom is 0.418 e. The molecule has 2 unspecified atom stereocenters. The van der Waals surface area contributed by atoms with Crippen LogP contribution in [0.1, 0.15) is 56.4 Å². The number of nitrogens with one attached hydrogen (secondary N) is 2. The first-order chi connectivity index (χ1) is 17.4. The van der Waals surface area contributed by atoms with E-state index in [9.17, 15) is 45.9 Å². The first-order valence-electron chi connectivity index (χ1n) is 11.6. The van der Waals surface area contributed by atoms with Crippen LogP contribution in [0.5, 0.6) is 0 Å². The molecule has 2 aromatic carbocycles. The van der Waals surface area contributed by atoms with Crippen LogP contribution in [0.4, 0.5) is 30.7 Å². The van der Waals surface area contributed by atoms with Crippen LogP contribution in [0.15, 0.2) is 48.5 Å². The molecule has 38 heavy (non-hydrogen) atoms. The fourth-order valence-electron chi connectivity index (χ4n) is 3.92. The second kappa shape index (κ2) is 10.5. The smallest absolute Gasteiger partial charge is 0.379 e. The molecule has 1 saturated carbocycles. The van der Waals surface area contributed by atoms with Crippen LogP contribution < -0.4 is 10.6 Å². The highest BCUT2D eigenvalue weighted by molar-refractivity contribution is 5.83. The third-order valence-electron chi connectivity index (χ3n) is 6.14. The number of carbonyl (C=O) groups excluding carboxylic acids is 1. The summed E-state index contributed by atoms with van der Waals surface area (Å²) in [4.78, 5) is 12.8. The Morgan fingerprint density at radius 2 is 1.39 bits per heavy atom. The highest BCUT2D eigenvalue weighted by Gasteiger charge is 2.48. The molecule has 1 fully saturated rings. The number of alkyl halides is 7. The predicted molar refractivity (Wildman–Crippen MR) is 124 cm³/mol. The molecule has 0 spiro atoms. The van der Waals surface area contributed by atoms with E-state index in [4.69, 9.17) is 0 Å². The number of halogens is 7. The van der Waals surface area contributed by atoms with Gasteiger partial charge in [0.1, 0.15) is 17.2 Å². The summed E-state index contributed by atoms with van der Waals surface area (Å²) in [7, 11) is 0. The Morgan fingerprint density at radius 3 is 1.76 bits per heavy atom. The van der Waals surface area contributed by atoms with Crippen molar-refractivity contribution in [2.75, 3.05) is 0 Å². The van der Waals surface area contributed by atoms with Crippen LogP contribution in [-0.2, 0) is 4.79 Å². The van der Waals surface area contributed by atoms with Crippen molar-refractivity contribution in [3.63, 3.8) is 0 Å². The monoisotopic (exact) mass is 545 g/mol. The highest BCUT2D eigenvalue weighted by Crippen LogP contribution is 2.37. The summed E-state index contributed by atoms with van der Waals surface area (Å²) in [5, 5.41) is 23.2. The van der Waals surface area contributed by atoms with E-state index in [0.717, 1.165) is 38.1 Å². The zero-order valence-electron chi connectivity index (χ0n) is 20.4. The van der Waals surface area contributed by atoms with Crippen molar-refractivity contribution in [2.24, 2.45) is 0 Å². The number of rotatable bonds is 9. The Bertz CT molecular complexity index is 1160. The van der Waals surface area contributed by atoms with Gasteiger partial charge in [0, 0.05) is 6.42 Å². The second-order valence-corrected chi connectivity index (χ2v) is 9.99. The predicted octanol–water partition coefficient (Wildman–Crippen LogP) is 5.82. The molecule has 12 heteroatoms. The molecule has 1 aliphatic carbocycles. The molecule has 0 radical (unpaired) electrons. The number of nitriles is 1. The molecule has 0 aliphatic heterocycles. The molecule has 3 N–H and O–H groups in total. The lowest BCUT2D eigenvalue weighted by Gasteiger charge is -2.30. The standard InChI is InChI=1S/C26H26F7N3O2/c1-23(2,27)13-19(22(38)36-24(14-34)11-12-24)35-20(25(28,29)30)17-7-3-15(4-8-17)16-5-9-18(10-6-16)21(37)26(31,32)33/h3-10,19-21,35,37H,11-13H2,1-2H3,(H,36,38)/t19-,20?,21?/m0/s1. The number of aliphatic hydroxyl groups is 1. The molecule has 206 valence electrons. The quantitative estimate of drug-likeness (QED) is 0.347. The highest BCUT2D eigenvalue weighted by atomic mass is 19.4. The minimum atomic E-state index is -4.87. The van der Waals surface area contributed by atoms with E-state index in [-0.39, 0.29) is 11.1 Å². The van der Waals surface area contributed by atoms with Crippen molar-refractivity contribution in [3.05, 3.63) is 59.7 Å². The van der Waals surface area contributed by atoms with Gasteiger partial charge in [0.2, 0.25) is 5.91 Å². The normalized spacial score (nSPS) is 17.7. The zero-order valence-corrected chi connectivity index (χ0v) is 20.4. The molecule has 0 bridgehead atoms. The molecule has 1 aliphatic rings. The van der Waals surface area contributed by atoms with Crippen LogP contribution in [0.3, 0.4) is 0 Å². The van der Waals surface area contributed by atoms with Gasteiger partial charge in [-0.05, 0) is 48.9 Å². The summed E-state index contributed by atoms with van der Waals surface area (Å²) in [6, 6.07) is 7.63. The lowest BCUT2D eigenvalue weighted by Crippen LogP contribution is -2.53. The first-order valence-corrected chi connectivity index (χ1v) is 11.6. The average molecular weight is 545 g/mol. The summed E-state index contributed by atoms with van der Waals surface area (Å²) >= 11 is 0. The van der Waals surface area contributed by atoms with Gasteiger partial charge in [-0.15, -0.1) is 0 Å². The molecule has 0 heterocycles. The third-order valence-corrected chi connectivity index (χ3v) is 6.14. The molecule has 0 saturated heterocycles. The maximum absolute atomic E-state index is 14.4. The fraction of sp³-hybridized carbons (Fsp3) is 0.462. The summed E-state index contributed by atoms with van der Waals surface area (Å²) < 4.78 is 94.7. The van der Waals surface area contributed by atoms with Crippen molar-refractivity contribution in [1.29, 1.82) is 5.26 Å². The van der Waals surface area contributed by atoms with Gasteiger partial charge in [-0.2, -0.15) is 31.6 Å². The maximum atomic E-state index is 14.4. The number of aliphatic hydroxyl groups excluding tert-OH is 1. The van der Waals surface area contributed by atoms with E-state index in [1.807, 2.05) is 6.07 Å². The van der Waals surface area contributed by atoms with E-state index in [0.29, 0.717) is 24.0 Å². The van der Waals surface area contributed by atoms with Crippen molar-refractivity contribution < 1.29 is 40.6 Å². The number of hydrogen-bond acceptors (Lipinski definition) is 4. The second-order valence-electron chi connectivity index (χ2n) is 9.99. The van der Waals surface area contributed by atoms with Crippen LogP contribution in [0.2, 0.25) is 0 Å². The molecule has 1 amide bonds. The van der Waals surface area contributed by atoms with E-state index < -0.39 is 54.1 Å². The van der Waals surface area contributed by atoms with E-state index >= 15 is 0 Å². The minimum Gasteiger partial charge on any atom is -0.379 e. The van der Waals surface area contributed by atoms with E-state index in [1.165, 1.54) is 24.3 Å². The summed E-state index contributed by atoms with van der Waals surface area (Å²) in [5.74, 6) is -0.915. The van der Waals surface area contributed by atoms with E-state index in [1.54, 1.807) is 0 Å². The van der Waals surface area contributed by atoms with Crippen LogP contribution in [-0.4, -0.2) is 40.6 Å². The fourth-order valence-corrected chi connectivity index (χ4v) is 3.92. The van der Waals surface area contributed by atoms with Crippen LogP contribution in [0, 0.1) is 11.3 Å². The first kappa shape index (κ1) is 29.4. The number of amides is 1. The Hall–Kier alpha value is -3.17. The SMILES string of the molecule is CC(C)(F)C[C@H](NC(c1ccc(-c2ccc(C(O)C(F)(F)F)cc2)cc1)C(F)(F)F)C(=O)NC1(C#N)CC1. The Kier molecular flexibility index (Phi) is 8.15. The topological polar surface area (TPSA) is 85.2 Å². The van der Waals surface area contributed by atoms with Gasteiger partial charge < -0.3 is 10.4 Å². The largest absolute Gasteiger partial charge is 0.418 e. The van der Waals surface area contributed by atoms with Gasteiger partial charge in [-0.1, -0.05) is 48.5 Å². The Balaban J connectivity index is 1.84. The minimum absolute atomic E-state index is 0.277. The average Bonchev–Trinajstić information content (AvgIpc) is 3.59. The van der Waals surface area contributed by atoms with Gasteiger partial charge in [0.05, 0.1) is 12.1 Å². The Labute approximate surface area is 214 Å². The molecule has 3 atom stereocenters. The summed E-state index contributed by atoms with van der Waals surface area (Å²) in [5.41, 5.74) is -3.02. The Morgan fingerprint density at radius 1 is 0.921 bits per heavy atom. The number of benzene rings is 2.